The third-order valence-electron chi connectivity index (χ3n) is 3.68. The van der Waals surface area contributed by atoms with E-state index in [4.69, 9.17) is 10.2 Å². The number of hydrogen-bond acceptors (Lipinski definition) is 2. The van der Waals surface area contributed by atoms with Crippen LogP contribution in [0.15, 0.2) is 34.7 Å². The van der Waals surface area contributed by atoms with Gasteiger partial charge in [-0.2, -0.15) is 0 Å². The number of hydrogen-bond donors (Lipinski definition) is 1. The minimum Gasteiger partial charge on any atom is -0.459 e. The molecular weight excluding hydrogens is 234 g/mol. The van der Waals surface area contributed by atoms with Crippen LogP contribution in [0.25, 0.3) is 11.0 Å². The van der Waals surface area contributed by atoms with E-state index in [0.29, 0.717) is 0 Å². The van der Waals surface area contributed by atoms with Gasteiger partial charge in [0.1, 0.15) is 11.3 Å². The molecule has 0 aliphatic carbocycles. The summed E-state index contributed by atoms with van der Waals surface area (Å²) in [5.41, 5.74) is 7.15. The molecule has 0 amide bonds. The quantitative estimate of drug-likeness (QED) is 0.663. The smallest absolute Gasteiger partial charge is 0.134 e. The molecule has 0 aliphatic rings. The monoisotopic (exact) mass is 259 g/mol. The summed E-state index contributed by atoms with van der Waals surface area (Å²) in [6, 6.07) is 10.2. The first-order valence-electron chi connectivity index (χ1n) is 7.55. The number of fused-ring (bicyclic) bond motifs is 1. The predicted octanol–water partition coefficient (Wildman–Crippen LogP) is 5.18. The van der Waals surface area contributed by atoms with Crippen LogP contribution in [0.5, 0.6) is 0 Å². The lowest BCUT2D eigenvalue weighted by atomic mass is 10.0. The molecule has 1 aromatic carbocycles. The number of furan rings is 1. The Balaban J connectivity index is 1.78. The summed E-state index contributed by atoms with van der Waals surface area (Å²) in [6.07, 6.45) is 8.85. The second-order valence-corrected chi connectivity index (χ2v) is 5.35. The lowest BCUT2D eigenvalue weighted by Crippen LogP contribution is -2.08. The molecular formula is C17H25NO. The molecule has 2 rings (SSSR count). The summed E-state index contributed by atoms with van der Waals surface area (Å²) in [7, 11) is 0. The molecule has 2 heteroatoms. The van der Waals surface area contributed by atoms with Crippen LogP contribution in [0, 0.1) is 0 Å². The van der Waals surface area contributed by atoms with Gasteiger partial charge >= 0.3 is 0 Å². The summed E-state index contributed by atoms with van der Waals surface area (Å²) in [5.74, 6) is 0.926. The van der Waals surface area contributed by atoms with Gasteiger partial charge in [-0.25, -0.2) is 0 Å². The van der Waals surface area contributed by atoms with Gasteiger partial charge < -0.3 is 10.2 Å². The van der Waals surface area contributed by atoms with Gasteiger partial charge in [-0.1, -0.05) is 63.6 Å². The molecule has 1 unspecified atom stereocenters. The Kier molecular flexibility index (Phi) is 5.46. The van der Waals surface area contributed by atoms with Crippen molar-refractivity contribution in [2.45, 2.75) is 57.9 Å². The first-order valence-corrected chi connectivity index (χ1v) is 7.55. The number of benzene rings is 1. The lowest BCUT2D eigenvalue weighted by molar-refractivity contribution is 0.459. The first kappa shape index (κ1) is 14.1. The number of rotatable bonds is 8. The molecule has 0 saturated carbocycles. The molecule has 0 bridgehead atoms. The summed E-state index contributed by atoms with van der Waals surface area (Å²) in [5, 5.41) is 1.15. The van der Waals surface area contributed by atoms with Gasteiger partial charge in [-0.15, -0.1) is 0 Å². The molecule has 0 saturated heterocycles. The van der Waals surface area contributed by atoms with E-state index < -0.39 is 0 Å². The van der Waals surface area contributed by atoms with E-state index in [9.17, 15) is 0 Å². The van der Waals surface area contributed by atoms with Gasteiger partial charge in [0.05, 0.1) is 6.04 Å². The van der Waals surface area contributed by atoms with Crippen molar-refractivity contribution in [2.24, 2.45) is 5.73 Å². The van der Waals surface area contributed by atoms with Gasteiger partial charge in [0.25, 0.3) is 0 Å². The van der Waals surface area contributed by atoms with E-state index >= 15 is 0 Å². The van der Waals surface area contributed by atoms with Crippen LogP contribution in [-0.4, -0.2) is 0 Å². The van der Waals surface area contributed by atoms with E-state index in [1.165, 1.54) is 38.5 Å². The van der Waals surface area contributed by atoms with Crippen molar-refractivity contribution in [3.05, 3.63) is 36.1 Å². The highest BCUT2D eigenvalue weighted by Crippen LogP contribution is 2.25. The molecule has 0 radical (unpaired) electrons. The zero-order chi connectivity index (χ0) is 13.5. The average Bonchev–Trinajstić information content (AvgIpc) is 2.86. The highest BCUT2D eigenvalue weighted by Gasteiger charge is 2.11. The maximum absolute atomic E-state index is 6.21. The van der Waals surface area contributed by atoms with Gasteiger partial charge in [0.2, 0.25) is 0 Å². The number of para-hydroxylation sites is 1. The molecule has 1 atom stereocenters. The van der Waals surface area contributed by atoms with Crippen LogP contribution in [0.1, 0.15) is 63.7 Å². The Morgan fingerprint density at radius 3 is 2.58 bits per heavy atom. The van der Waals surface area contributed by atoms with Gasteiger partial charge in [0.15, 0.2) is 0 Å². The van der Waals surface area contributed by atoms with Crippen LogP contribution >= 0.6 is 0 Å². The third-order valence-corrected chi connectivity index (χ3v) is 3.68. The Morgan fingerprint density at radius 1 is 1.05 bits per heavy atom. The van der Waals surface area contributed by atoms with E-state index in [2.05, 4.69) is 19.1 Å². The second-order valence-electron chi connectivity index (χ2n) is 5.35. The predicted molar refractivity (Wildman–Crippen MR) is 81.1 cm³/mol. The summed E-state index contributed by atoms with van der Waals surface area (Å²) in [6.45, 7) is 2.25. The maximum Gasteiger partial charge on any atom is 0.134 e. The molecule has 19 heavy (non-hydrogen) atoms. The molecule has 2 aromatic rings. The topological polar surface area (TPSA) is 39.2 Å². The molecule has 2 N–H and O–H groups in total. The largest absolute Gasteiger partial charge is 0.459 e. The molecule has 0 aliphatic heterocycles. The van der Waals surface area contributed by atoms with Gasteiger partial charge in [0, 0.05) is 5.39 Å². The fourth-order valence-electron chi connectivity index (χ4n) is 2.47. The van der Waals surface area contributed by atoms with Crippen molar-refractivity contribution in [1.82, 2.24) is 0 Å². The fraction of sp³-hybridized carbons (Fsp3) is 0.529. The van der Waals surface area contributed by atoms with Crippen molar-refractivity contribution in [3.63, 3.8) is 0 Å². The highest BCUT2D eigenvalue weighted by atomic mass is 16.3. The zero-order valence-corrected chi connectivity index (χ0v) is 11.9. The van der Waals surface area contributed by atoms with E-state index in [0.717, 1.165) is 23.2 Å². The molecule has 0 fully saturated rings. The number of unbranched alkanes of at least 4 members (excludes halogenated alkanes) is 5. The van der Waals surface area contributed by atoms with E-state index in [1.54, 1.807) is 0 Å². The number of nitrogens with two attached hydrogens (primary N) is 1. The van der Waals surface area contributed by atoms with Crippen LogP contribution < -0.4 is 5.73 Å². The molecule has 104 valence electrons. The van der Waals surface area contributed by atoms with Crippen molar-refractivity contribution in [3.8, 4) is 0 Å². The normalized spacial score (nSPS) is 12.9. The third kappa shape index (κ3) is 4.10. The van der Waals surface area contributed by atoms with Crippen molar-refractivity contribution in [2.75, 3.05) is 0 Å². The van der Waals surface area contributed by atoms with E-state index in [1.807, 2.05) is 18.2 Å². The standard InChI is InChI=1S/C17H25NO/c1-2-3-4-5-6-7-11-15(18)17-13-14-10-8-9-12-16(14)19-17/h8-10,12-13,15H,2-7,11,18H2,1H3. The van der Waals surface area contributed by atoms with Crippen molar-refractivity contribution >= 4 is 11.0 Å². The van der Waals surface area contributed by atoms with Crippen LogP contribution in [0.2, 0.25) is 0 Å². The average molecular weight is 259 g/mol. The Bertz CT molecular complexity index is 456. The Hall–Kier alpha value is -1.28. The maximum atomic E-state index is 6.21. The Morgan fingerprint density at radius 2 is 1.79 bits per heavy atom. The second kappa shape index (κ2) is 7.34. The zero-order valence-electron chi connectivity index (χ0n) is 11.9. The van der Waals surface area contributed by atoms with Crippen LogP contribution in [-0.2, 0) is 0 Å². The van der Waals surface area contributed by atoms with Gasteiger partial charge in [-0.3, -0.25) is 0 Å². The fourth-order valence-corrected chi connectivity index (χ4v) is 2.47. The van der Waals surface area contributed by atoms with Crippen molar-refractivity contribution < 1.29 is 4.42 Å². The lowest BCUT2D eigenvalue weighted by Gasteiger charge is -2.08. The molecule has 2 nitrogen and oxygen atoms in total. The SMILES string of the molecule is CCCCCCCCC(N)c1cc2ccccc2o1. The minimum atomic E-state index is 0.0403. The molecule has 1 heterocycles. The van der Waals surface area contributed by atoms with Crippen LogP contribution in [0.3, 0.4) is 0 Å². The molecule has 1 aromatic heterocycles. The summed E-state index contributed by atoms with van der Waals surface area (Å²) in [4.78, 5) is 0. The summed E-state index contributed by atoms with van der Waals surface area (Å²) >= 11 is 0. The van der Waals surface area contributed by atoms with Crippen molar-refractivity contribution in [1.29, 1.82) is 0 Å². The van der Waals surface area contributed by atoms with Gasteiger partial charge in [-0.05, 0) is 18.6 Å². The first-order chi connectivity index (χ1) is 9.31. The minimum absolute atomic E-state index is 0.0403. The highest BCUT2D eigenvalue weighted by molar-refractivity contribution is 5.77. The van der Waals surface area contributed by atoms with Crippen LogP contribution in [0.4, 0.5) is 0 Å². The van der Waals surface area contributed by atoms with E-state index in [-0.39, 0.29) is 6.04 Å². The Labute approximate surface area is 116 Å². The molecule has 0 spiro atoms. The summed E-state index contributed by atoms with van der Waals surface area (Å²) < 4.78 is 5.80.